The smallest absolute Gasteiger partial charge is 0.308 e. The van der Waals surface area contributed by atoms with Crippen LogP contribution in [0.4, 0.5) is 0 Å². The molecule has 0 saturated carbocycles. The zero-order valence-corrected chi connectivity index (χ0v) is 21.2. The fourth-order valence-electron chi connectivity index (χ4n) is 2.28. The molecule has 0 aromatic carbocycles. The lowest BCUT2D eigenvalue weighted by Gasteiger charge is -2.08. The molecule has 0 rings (SSSR count). The van der Waals surface area contributed by atoms with Gasteiger partial charge in [-0.15, -0.1) is 6.42 Å². The van der Waals surface area contributed by atoms with Gasteiger partial charge in [-0.25, -0.2) is 0 Å². The third-order valence-corrected chi connectivity index (χ3v) is 3.92. The highest BCUT2D eigenvalue weighted by molar-refractivity contribution is 5.69. The van der Waals surface area contributed by atoms with Crippen molar-refractivity contribution in [2.75, 3.05) is 126 Å². The Morgan fingerprint density at radius 1 is 0.514 bits per heavy atom. The van der Waals surface area contributed by atoms with Crippen LogP contribution in [0.3, 0.4) is 0 Å². The number of carbonyl (C=O) groups is 1. The Labute approximate surface area is 209 Å². The van der Waals surface area contributed by atoms with Gasteiger partial charge in [-0.3, -0.25) is 4.79 Å². The van der Waals surface area contributed by atoms with E-state index in [0.717, 1.165) is 0 Å². The van der Waals surface area contributed by atoms with Crippen molar-refractivity contribution in [1.29, 1.82) is 0 Å². The first-order valence-electron chi connectivity index (χ1n) is 12.1. The Kier molecular flexibility index (Phi) is 29.5. The highest BCUT2D eigenvalue weighted by Crippen LogP contribution is 1.89. The van der Waals surface area contributed by atoms with Crippen LogP contribution in [0, 0.1) is 12.3 Å². The van der Waals surface area contributed by atoms with Crippen LogP contribution in [0.15, 0.2) is 0 Å². The number of hydrogen-bond donors (Lipinski definition) is 0. The van der Waals surface area contributed by atoms with Crippen LogP contribution in [0.1, 0.15) is 13.3 Å². The summed E-state index contributed by atoms with van der Waals surface area (Å²) in [4.78, 5) is 11.1. The standard InChI is InChI=1S/C24H44O11/c1-3-6-26-8-10-28-12-14-30-16-18-32-20-22-34-23-21-33-19-17-31-15-13-29-11-9-27-7-5-24(25)35-4-2/h1H,4-23H2,2H3. The summed E-state index contributed by atoms with van der Waals surface area (Å²) < 4.78 is 52.9. The molecule has 0 unspecified atom stereocenters. The van der Waals surface area contributed by atoms with Crippen molar-refractivity contribution in [3.63, 3.8) is 0 Å². The van der Waals surface area contributed by atoms with Gasteiger partial charge in [0.25, 0.3) is 0 Å². The lowest BCUT2D eigenvalue weighted by Crippen LogP contribution is -2.15. The molecule has 0 aromatic heterocycles. The minimum Gasteiger partial charge on any atom is -0.466 e. The topological polar surface area (TPSA) is 109 Å². The number of hydrogen-bond acceptors (Lipinski definition) is 11. The highest BCUT2D eigenvalue weighted by atomic mass is 16.6. The highest BCUT2D eigenvalue weighted by Gasteiger charge is 2.00. The second-order valence-corrected chi connectivity index (χ2v) is 6.71. The van der Waals surface area contributed by atoms with Crippen LogP contribution in [-0.4, -0.2) is 132 Å². The second-order valence-electron chi connectivity index (χ2n) is 6.71. The summed E-state index contributed by atoms with van der Waals surface area (Å²) in [5.74, 6) is 2.14. The summed E-state index contributed by atoms with van der Waals surface area (Å²) in [5.41, 5.74) is 0. The third kappa shape index (κ3) is 30.6. The zero-order valence-electron chi connectivity index (χ0n) is 21.2. The molecule has 11 nitrogen and oxygen atoms in total. The minimum atomic E-state index is -0.250. The first-order chi connectivity index (χ1) is 17.3. The van der Waals surface area contributed by atoms with Gasteiger partial charge in [0, 0.05) is 0 Å². The average molecular weight is 509 g/mol. The van der Waals surface area contributed by atoms with E-state index in [9.17, 15) is 4.79 Å². The van der Waals surface area contributed by atoms with E-state index in [1.807, 2.05) is 0 Å². The SMILES string of the molecule is C#CCOCCOCCOCCOCCOCCOCCOCCOCCOCCC(=O)OCC. The summed E-state index contributed by atoms with van der Waals surface area (Å²) in [6.07, 6.45) is 5.32. The lowest BCUT2D eigenvalue weighted by atomic mass is 10.5. The number of esters is 1. The molecule has 0 aliphatic rings. The Balaban J connectivity index is 3.04. The van der Waals surface area contributed by atoms with Crippen molar-refractivity contribution >= 4 is 5.97 Å². The maximum Gasteiger partial charge on any atom is 0.308 e. The second kappa shape index (κ2) is 30.7. The van der Waals surface area contributed by atoms with E-state index < -0.39 is 0 Å². The summed E-state index contributed by atoms with van der Waals surface area (Å²) >= 11 is 0. The molecule has 0 radical (unpaired) electrons. The molecule has 0 heterocycles. The van der Waals surface area contributed by atoms with Gasteiger partial charge in [-0.1, -0.05) is 5.92 Å². The predicted octanol–water partition coefficient (Wildman–Crippen LogP) is 0.722. The number of ether oxygens (including phenoxy) is 10. The molecule has 0 atom stereocenters. The normalized spacial score (nSPS) is 11.0. The van der Waals surface area contributed by atoms with Crippen molar-refractivity contribution in [2.45, 2.75) is 13.3 Å². The van der Waals surface area contributed by atoms with Crippen LogP contribution in [0.5, 0.6) is 0 Å². The molecule has 0 spiro atoms. The van der Waals surface area contributed by atoms with Crippen molar-refractivity contribution in [1.82, 2.24) is 0 Å². The first kappa shape index (κ1) is 33.7. The van der Waals surface area contributed by atoms with Crippen molar-refractivity contribution in [3.05, 3.63) is 0 Å². The summed E-state index contributed by atoms with van der Waals surface area (Å²) in [6, 6.07) is 0. The monoisotopic (exact) mass is 508 g/mol. The Morgan fingerprint density at radius 3 is 1.09 bits per heavy atom. The van der Waals surface area contributed by atoms with Crippen molar-refractivity contribution < 1.29 is 52.2 Å². The van der Waals surface area contributed by atoms with E-state index in [-0.39, 0.29) is 12.4 Å². The van der Waals surface area contributed by atoms with Gasteiger partial charge in [0.05, 0.1) is 125 Å². The van der Waals surface area contributed by atoms with E-state index >= 15 is 0 Å². The van der Waals surface area contributed by atoms with Gasteiger partial charge in [0.1, 0.15) is 6.61 Å². The van der Waals surface area contributed by atoms with Crippen LogP contribution in [0.25, 0.3) is 0 Å². The predicted molar refractivity (Wildman–Crippen MR) is 127 cm³/mol. The third-order valence-electron chi connectivity index (χ3n) is 3.92. The van der Waals surface area contributed by atoms with Gasteiger partial charge in [-0.05, 0) is 6.92 Å². The Morgan fingerprint density at radius 2 is 0.800 bits per heavy atom. The molecule has 0 fully saturated rings. The average Bonchev–Trinajstić information content (AvgIpc) is 2.86. The van der Waals surface area contributed by atoms with E-state index in [2.05, 4.69) is 5.92 Å². The molecule has 0 amide bonds. The van der Waals surface area contributed by atoms with Gasteiger partial charge >= 0.3 is 5.97 Å². The van der Waals surface area contributed by atoms with Crippen LogP contribution in [0.2, 0.25) is 0 Å². The quantitative estimate of drug-likeness (QED) is 0.0810. The molecule has 11 heteroatoms. The Bertz CT molecular complexity index is 471. The summed E-state index contributed by atoms with van der Waals surface area (Å²) in [6.45, 7) is 10.7. The molecule has 0 bridgehead atoms. The zero-order chi connectivity index (χ0) is 25.5. The minimum absolute atomic E-state index is 0.250. The van der Waals surface area contributed by atoms with E-state index in [0.29, 0.717) is 126 Å². The van der Waals surface area contributed by atoms with Gasteiger partial charge in [-0.2, -0.15) is 0 Å². The molecule has 0 aliphatic carbocycles. The lowest BCUT2D eigenvalue weighted by molar-refractivity contribution is -0.144. The number of rotatable bonds is 29. The fraction of sp³-hybridized carbons (Fsp3) is 0.875. The molecule has 35 heavy (non-hydrogen) atoms. The van der Waals surface area contributed by atoms with Gasteiger partial charge in [0.2, 0.25) is 0 Å². The van der Waals surface area contributed by atoms with Crippen LogP contribution in [-0.2, 0) is 52.2 Å². The first-order valence-corrected chi connectivity index (χ1v) is 12.1. The van der Waals surface area contributed by atoms with Crippen molar-refractivity contribution in [3.8, 4) is 12.3 Å². The van der Waals surface area contributed by atoms with Crippen LogP contribution < -0.4 is 0 Å². The van der Waals surface area contributed by atoms with Crippen LogP contribution >= 0.6 is 0 Å². The number of carbonyl (C=O) groups excluding carboxylic acids is 1. The maximum atomic E-state index is 11.1. The summed E-state index contributed by atoms with van der Waals surface area (Å²) in [5, 5.41) is 0. The molecular formula is C24H44O11. The molecule has 206 valence electrons. The maximum absolute atomic E-state index is 11.1. The van der Waals surface area contributed by atoms with E-state index in [1.165, 1.54) is 0 Å². The van der Waals surface area contributed by atoms with E-state index in [4.69, 9.17) is 53.8 Å². The van der Waals surface area contributed by atoms with Gasteiger partial charge in [0.15, 0.2) is 0 Å². The molecule has 0 aromatic rings. The fourth-order valence-corrected chi connectivity index (χ4v) is 2.28. The van der Waals surface area contributed by atoms with E-state index in [1.54, 1.807) is 6.92 Å². The molecule has 0 N–H and O–H groups in total. The Hall–Kier alpha value is -1.33. The molecular weight excluding hydrogens is 464 g/mol. The number of terminal acetylenes is 1. The summed E-state index contributed by atoms with van der Waals surface area (Å²) in [7, 11) is 0. The molecule has 0 saturated heterocycles. The largest absolute Gasteiger partial charge is 0.466 e. The molecule has 0 aliphatic heterocycles. The van der Waals surface area contributed by atoms with Crippen molar-refractivity contribution in [2.24, 2.45) is 0 Å². The van der Waals surface area contributed by atoms with Gasteiger partial charge < -0.3 is 47.4 Å².